The van der Waals surface area contributed by atoms with E-state index in [2.05, 4.69) is 26.3 Å². The average molecular weight is 363 g/mol. The van der Waals surface area contributed by atoms with Gasteiger partial charge in [0.15, 0.2) is 0 Å². The minimum atomic E-state index is 0.657. The number of rotatable bonds is 4. The summed E-state index contributed by atoms with van der Waals surface area (Å²) in [6.07, 6.45) is 3.69. The van der Waals surface area contributed by atoms with Gasteiger partial charge in [-0.1, -0.05) is 45.7 Å². The molecule has 2 aromatic carbocycles. The van der Waals surface area contributed by atoms with Crippen LogP contribution < -0.4 is 5.32 Å². The molecule has 0 aliphatic rings. The molecule has 21 heavy (non-hydrogen) atoms. The van der Waals surface area contributed by atoms with Crippen LogP contribution >= 0.6 is 27.5 Å². The molecule has 0 unspecified atom stereocenters. The fraction of sp³-hybridized carbons (Fsp3) is 0.0625. The summed E-state index contributed by atoms with van der Waals surface area (Å²) in [4.78, 5) is 0. The highest BCUT2D eigenvalue weighted by Crippen LogP contribution is 2.24. The molecule has 0 radical (unpaired) electrons. The van der Waals surface area contributed by atoms with Crippen molar-refractivity contribution in [1.82, 2.24) is 9.78 Å². The molecule has 0 aliphatic carbocycles. The Bertz CT molecular complexity index is 741. The van der Waals surface area contributed by atoms with Crippen LogP contribution in [0.3, 0.4) is 0 Å². The highest BCUT2D eigenvalue weighted by Gasteiger charge is 2.05. The normalized spacial score (nSPS) is 10.6. The summed E-state index contributed by atoms with van der Waals surface area (Å²) in [5.41, 5.74) is 3.08. The van der Waals surface area contributed by atoms with Gasteiger partial charge in [-0.15, -0.1) is 0 Å². The molecular formula is C16H13BrClN3. The molecule has 5 heteroatoms. The first-order valence-corrected chi connectivity index (χ1v) is 7.68. The maximum absolute atomic E-state index is 6.25. The van der Waals surface area contributed by atoms with Gasteiger partial charge in [0.2, 0.25) is 0 Å². The Morgan fingerprint density at radius 3 is 2.76 bits per heavy atom. The Morgan fingerprint density at radius 1 is 1.14 bits per heavy atom. The van der Waals surface area contributed by atoms with Gasteiger partial charge in [0.1, 0.15) is 0 Å². The van der Waals surface area contributed by atoms with Gasteiger partial charge in [-0.05, 0) is 35.9 Å². The molecule has 0 fully saturated rings. The Balaban J connectivity index is 1.83. The first kappa shape index (κ1) is 14.2. The molecule has 0 saturated heterocycles. The van der Waals surface area contributed by atoms with Crippen molar-refractivity contribution in [2.75, 3.05) is 5.32 Å². The molecule has 106 valence electrons. The Morgan fingerprint density at radius 2 is 2.00 bits per heavy atom. The lowest BCUT2D eigenvalue weighted by molar-refractivity contribution is 0.879. The van der Waals surface area contributed by atoms with Crippen molar-refractivity contribution in [3.63, 3.8) is 0 Å². The molecule has 1 N–H and O–H groups in total. The van der Waals surface area contributed by atoms with E-state index in [-0.39, 0.29) is 0 Å². The van der Waals surface area contributed by atoms with Crippen LogP contribution in [-0.4, -0.2) is 9.78 Å². The van der Waals surface area contributed by atoms with Crippen LogP contribution in [0.1, 0.15) is 5.56 Å². The van der Waals surface area contributed by atoms with Crippen LogP contribution in [0.2, 0.25) is 5.02 Å². The first-order chi connectivity index (χ1) is 10.2. The highest BCUT2D eigenvalue weighted by atomic mass is 79.9. The lowest BCUT2D eigenvalue weighted by atomic mass is 10.2. The predicted octanol–water partition coefficient (Wildman–Crippen LogP) is 4.90. The molecule has 0 bridgehead atoms. The number of anilines is 1. The number of nitrogens with one attached hydrogen (secondary N) is 1. The standard InChI is InChI=1S/C16H13BrClN3/c17-13-7-6-12(14(18)10-13)11-19-15-4-1-2-5-16(15)21-9-3-8-20-21/h1-10,19H,11H2. The van der Waals surface area contributed by atoms with Crippen molar-refractivity contribution in [3.05, 3.63) is 76.0 Å². The van der Waals surface area contributed by atoms with Crippen LogP contribution in [0.4, 0.5) is 5.69 Å². The largest absolute Gasteiger partial charge is 0.379 e. The molecule has 0 atom stereocenters. The number of hydrogen-bond acceptors (Lipinski definition) is 2. The molecule has 3 rings (SSSR count). The SMILES string of the molecule is Clc1cc(Br)ccc1CNc1ccccc1-n1cccn1. The molecule has 0 amide bonds. The van der Waals surface area contributed by atoms with Gasteiger partial charge < -0.3 is 5.32 Å². The minimum absolute atomic E-state index is 0.657. The van der Waals surface area contributed by atoms with Crippen LogP contribution in [-0.2, 0) is 6.54 Å². The zero-order chi connectivity index (χ0) is 14.7. The summed E-state index contributed by atoms with van der Waals surface area (Å²) < 4.78 is 2.82. The third-order valence-electron chi connectivity index (χ3n) is 3.14. The lowest BCUT2D eigenvalue weighted by Gasteiger charge is -2.13. The summed E-state index contributed by atoms with van der Waals surface area (Å²) in [7, 11) is 0. The first-order valence-electron chi connectivity index (χ1n) is 6.51. The zero-order valence-electron chi connectivity index (χ0n) is 11.1. The van der Waals surface area contributed by atoms with Crippen LogP contribution in [0.25, 0.3) is 5.69 Å². The van der Waals surface area contributed by atoms with E-state index < -0.39 is 0 Å². The second-order valence-corrected chi connectivity index (χ2v) is 5.88. The van der Waals surface area contributed by atoms with Gasteiger partial charge in [0.05, 0.1) is 11.4 Å². The highest BCUT2D eigenvalue weighted by molar-refractivity contribution is 9.10. The summed E-state index contributed by atoms with van der Waals surface area (Å²) in [5, 5.41) is 8.44. The molecule has 3 aromatic rings. The van der Waals surface area contributed by atoms with Crippen LogP contribution in [0.5, 0.6) is 0 Å². The van der Waals surface area contributed by atoms with Gasteiger partial charge in [-0.2, -0.15) is 5.10 Å². The maximum atomic E-state index is 6.25. The lowest BCUT2D eigenvalue weighted by Crippen LogP contribution is -2.05. The number of hydrogen-bond donors (Lipinski definition) is 1. The van der Waals surface area contributed by atoms with Crippen molar-refractivity contribution in [2.45, 2.75) is 6.54 Å². The fourth-order valence-electron chi connectivity index (χ4n) is 2.09. The van der Waals surface area contributed by atoms with E-state index in [1.165, 1.54) is 0 Å². The van der Waals surface area contributed by atoms with E-state index in [0.29, 0.717) is 6.54 Å². The topological polar surface area (TPSA) is 29.9 Å². The summed E-state index contributed by atoms with van der Waals surface area (Å²) in [6, 6.07) is 15.9. The van der Waals surface area contributed by atoms with E-state index in [1.807, 2.05) is 59.4 Å². The van der Waals surface area contributed by atoms with Crippen molar-refractivity contribution in [1.29, 1.82) is 0 Å². The molecule has 3 nitrogen and oxygen atoms in total. The second kappa shape index (κ2) is 6.33. The second-order valence-electron chi connectivity index (χ2n) is 4.56. The molecule has 0 spiro atoms. The predicted molar refractivity (Wildman–Crippen MR) is 90.0 cm³/mol. The number of aromatic nitrogens is 2. The number of halogens is 2. The Labute approximate surface area is 136 Å². The third kappa shape index (κ3) is 3.28. The Hall–Kier alpha value is -1.78. The summed E-state index contributed by atoms with van der Waals surface area (Å²) in [5.74, 6) is 0. The number of benzene rings is 2. The van der Waals surface area contributed by atoms with Gasteiger partial charge in [-0.3, -0.25) is 0 Å². The number of para-hydroxylation sites is 2. The molecule has 1 heterocycles. The van der Waals surface area contributed by atoms with Crippen molar-refractivity contribution in [3.8, 4) is 5.69 Å². The summed E-state index contributed by atoms with van der Waals surface area (Å²) >= 11 is 9.66. The quantitative estimate of drug-likeness (QED) is 0.715. The summed E-state index contributed by atoms with van der Waals surface area (Å²) in [6.45, 7) is 0.657. The van der Waals surface area contributed by atoms with E-state index in [0.717, 1.165) is 26.4 Å². The third-order valence-corrected chi connectivity index (χ3v) is 3.98. The van der Waals surface area contributed by atoms with Crippen molar-refractivity contribution in [2.24, 2.45) is 0 Å². The minimum Gasteiger partial charge on any atom is -0.379 e. The Kier molecular flexibility index (Phi) is 4.27. The van der Waals surface area contributed by atoms with E-state index >= 15 is 0 Å². The molecule has 0 aliphatic heterocycles. The zero-order valence-corrected chi connectivity index (χ0v) is 13.5. The molecule has 1 aromatic heterocycles. The van der Waals surface area contributed by atoms with Crippen LogP contribution in [0, 0.1) is 0 Å². The van der Waals surface area contributed by atoms with E-state index in [4.69, 9.17) is 11.6 Å². The monoisotopic (exact) mass is 361 g/mol. The smallest absolute Gasteiger partial charge is 0.0876 e. The van der Waals surface area contributed by atoms with E-state index in [1.54, 1.807) is 6.20 Å². The van der Waals surface area contributed by atoms with Gasteiger partial charge in [-0.25, -0.2) is 4.68 Å². The van der Waals surface area contributed by atoms with Crippen LogP contribution in [0.15, 0.2) is 65.4 Å². The van der Waals surface area contributed by atoms with Crippen molar-refractivity contribution >= 4 is 33.2 Å². The number of nitrogens with zero attached hydrogens (tertiary/aromatic N) is 2. The van der Waals surface area contributed by atoms with E-state index in [9.17, 15) is 0 Å². The maximum Gasteiger partial charge on any atom is 0.0876 e. The molecule has 0 saturated carbocycles. The van der Waals surface area contributed by atoms with Gasteiger partial charge in [0, 0.05) is 28.4 Å². The fourth-order valence-corrected chi connectivity index (χ4v) is 2.83. The van der Waals surface area contributed by atoms with Crippen molar-refractivity contribution < 1.29 is 0 Å². The molecular weight excluding hydrogens is 350 g/mol. The van der Waals surface area contributed by atoms with Gasteiger partial charge in [0.25, 0.3) is 0 Å². The van der Waals surface area contributed by atoms with Gasteiger partial charge >= 0.3 is 0 Å². The average Bonchev–Trinajstić information content (AvgIpc) is 3.01.